The molecule has 0 unspecified atom stereocenters. The molecule has 0 fully saturated rings. The molecule has 0 aliphatic carbocycles. The van der Waals surface area contributed by atoms with Crippen LogP contribution in [0, 0.1) is 5.82 Å². The van der Waals surface area contributed by atoms with Gasteiger partial charge >= 0.3 is 5.91 Å². The third-order valence-electron chi connectivity index (χ3n) is 4.23. The summed E-state index contributed by atoms with van der Waals surface area (Å²) in [6, 6.07) is 22.5. The topological polar surface area (TPSA) is 63.8 Å². The molecule has 0 saturated carbocycles. The van der Waals surface area contributed by atoms with Crippen molar-refractivity contribution in [1.29, 1.82) is 0 Å². The average molecular weight is 388 g/mol. The molecule has 29 heavy (non-hydrogen) atoms. The quantitative estimate of drug-likeness (QED) is 0.377. The molecule has 1 aromatic heterocycles. The van der Waals surface area contributed by atoms with Gasteiger partial charge in [0.25, 0.3) is 0 Å². The minimum absolute atomic E-state index is 0.202. The second kappa shape index (κ2) is 8.39. The van der Waals surface area contributed by atoms with Crippen LogP contribution in [0.3, 0.4) is 0 Å². The van der Waals surface area contributed by atoms with Crippen molar-refractivity contribution in [2.75, 3.05) is 0 Å². The lowest BCUT2D eigenvalue weighted by Crippen LogP contribution is -2.16. The highest BCUT2D eigenvalue weighted by Gasteiger charge is 2.10. The van der Waals surface area contributed by atoms with Crippen molar-refractivity contribution >= 4 is 23.1 Å². The Morgan fingerprint density at radius 1 is 1.03 bits per heavy atom. The van der Waals surface area contributed by atoms with Gasteiger partial charge in [0.05, 0.1) is 6.21 Å². The Hall–Kier alpha value is -3.93. The van der Waals surface area contributed by atoms with Gasteiger partial charge in [-0.25, -0.2) is 9.82 Å². The summed E-state index contributed by atoms with van der Waals surface area (Å²) in [5.74, 6) is 0.187. The van der Waals surface area contributed by atoms with Crippen molar-refractivity contribution in [3.05, 3.63) is 102 Å². The van der Waals surface area contributed by atoms with Gasteiger partial charge in [-0.05, 0) is 59.7 Å². The first-order valence-corrected chi connectivity index (χ1v) is 8.97. The second-order valence-corrected chi connectivity index (χ2v) is 6.33. The zero-order valence-corrected chi connectivity index (χ0v) is 15.3. The van der Waals surface area contributed by atoms with Crippen LogP contribution in [0.15, 0.2) is 88.4 Å². The van der Waals surface area contributed by atoms with Gasteiger partial charge in [0.1, 0.15) is 23.8 Å². The molecule has 1 amide bonds. The van der Waals surface area contributed by atoms with Crippen LogP contribution in [0.25, 0.3) is 11.0 Å². The summed E-state index contributed by atoms with van der Waals surface area (Å²) in [4.78, 5) is 12.1. The van der Waals surface area contributed by atoms with Crippen molar-refractivity contribution in [2.45, 2.75) is 6.61 Å². The number of hydrazone groups is 1. The molecule has 4 aromatic rings. The summed E-state index contributed by atoms with van der Waals surface area (Å²) in [7, 11) is 0. The fourth-order valence-corrected chi connectivity index (χ4v) is 2.71. The van der Waals surface area contributed by atoms with Crippen molar-refractivity contribution in [3.63, 3.8) is 0 Å². The molecule has 0 atom stereocenters. The van der Waals surface area contributed by atoms with Crippen LogP contribution in [-0.2, 0) is 6.61 Å². The summed E-state index contributed by atoms with van der Waals surface area (Å²) in [5.41, 5.74) is 4.78. The van der Waals surface area contributed by atoms with Gasteiger partial charge in [-0.2, -0.15) is 5.10 Å². The van der Waals surface area contributed by atoms with Crippen LogP contribution >= 0.6 is 0 Å². The van der Waals surface area contributed by atoms with Crippen LogP contribution < -0.4 is 10.2 Å². The first-order chi connectivity index (χ1) is 14.2. The lowest BCUT2D eigenvalue weighted by molar-refractivity contribution is 0.0929. The first-order valence-electron chi connectivity index (χ1n) is 8.97. The number of halogens is 1. The molecular formula is C23H17FN2O3. The van der Waals surface area contributed by atoms with Crippen molar-refractivity contribution in [2.24, 2.45) is 5.10 Å². The molecule has 3 aromatic carbocycles. The predicted molar refractivity (Wildman–Crippen MR) is 108 cm³/mol. The minimum Gasteiger partial charge on any atom is -0.489 e. The number of hydrogen-bond acceptors (Lipinski definition) is 4. The fraction of sp³-hybridized carbons (Fsp3) is 0.0435. The normalized spacial score (nSPS) is 11.1. The number of furan rings is 1. The van der Waals surface area contributed by atoms with E-state index in [1.807, 2.05) is 30.3 Å². The molecule has 1 heterocycles. The van der Waals surface area contributed by atoms with Crippen LogP contribution in [0.4, 0.5) is 4.39 Å². The van der Waals surface area contributed by atoms with E-state index in [4.69, 9.17) is 9.15 Å². The number of fused-ring (bicyclic) bond motifs is 1. The average Bonchev–Trinajstić information content (AvgIpc) is 3.19. The van der Waals surface area contributed by atoms with Crippen LogP contribution in [0.1, 0.15) is 21.7 Å². The molecule has 0 spiro atoms. The standard InChI is InChI=1S/C23H17FN2O3/c24-19-9-5-17(6-10-19)15-28-20-11-7-16(8-12-20)14-25-26-23(27)22-13-18-3-1-2-4-21(18)29-22/h1-14H,15H2,(H,26,27)/b25-14+. The van der Waals surface area contributed by atoms with E-state index >= 15 is 0 Å². The lowest BCUT2D eigenvalue weighted by Gasteiger charge is -2.06. The number of hydrogen-bond donors (Lipinski definition) is 1. The predicted octanol–water partition coefficient (Wildman–Crippen LogP) is 4.91. The number of nitrogens with one attached hydrogen (secondary N) is 1. The fourth-order valence-electron chi connectivity index (χ4n) is 2.71. The van der Waals surface area contributed by atoms with Crippen molar-refractivity contribution in [3.8, 4) is 5.75 Å². The maximum Gasteiger partial charge on any atom is 0.307 e. The molecule has 0 radical (unpaired) electrons. The second-order valence-electron chi connectivity index (χ2n) is 6.33. The van der Waals surface area contributed by atoms with Gasteiger partial charge in [-0.15, -0.1) is 0 Å². The highest BCUT2D eigenvalue weighted by atomic mass is 19.1. The van der Waals surface area contributed by atoms with Gasteiger partial charge in [0.15, 0.2) is 5.76 Å². The summed E-state index contributed by atoms with van der Waals surface area (Å²) in [6.45, 7) is 0.348. The molecule has 6 heteroatoms. The van der Waals surface area contributed by atoms with E-state index in [1.54, 1.807) is 36.4 Å². The highest BCUT2D eigenvalue weighted by molar-refractivity contribution is 5.96. The summed E-state index contributed by atoms with van der Waals surface area (Å²) in [6.07, 6.45) is 1.53. The van der Waals surface area contributed by atoms with E-state index < -0.39 is 5.91 Å². The maximum atomic E-state index is 12.9. The number of para-hydroxylation sites is 1. The number of amides is 1. The zero-order chi connectivity index (χ0) is 20.1. The molecule has 0 aliphatic heterocycles. The molecule has 0 saturated heterocycles. The number of carbonyl (C=O) groups is 1. The minimum atomic E-state index is -0.420. The summed E-state index contributed by atoms with van der Waals surface area (Å²) >= 11 is 0. The number of rotatable bonds is 6. The highest BCUT2D eigenvalue weighted by Crippen LogP contribution is 2.18. The van der Waals surface area contributed by atoms with Crippen molar-refractivity contribution < 1.29 is 18.3 Å². The Labute approximate surface area is 166 Å². The van der Waals surface area contributed by atoms with Crippen LogP contribution in [0.5, 0.6) is 5.75 Å². The number of nitrogens with zero attached hydrogens (tertiary/aromatic N) is 1. The van der Waals surface area contributed by atoms with E-state index in [9.17, 15) is 9.18 Å². The van der Waals surface area contributed by atoms with Crippen molar-refractivity contribution in [1.82, 2.24) is 5.43 Å². The van der Waals surface area contributed by atoms with Crippen LogP contribution in [-0.4, -0.2) is 12.1 Å². The molecule has 1 N–H and O–H groups in total. The number of benzene rings is 3. The van der Waals surface area contributed by atoms with Gasteiger partial charge in [-0.3, -0.25) is 4.79 Å². The number of ether oxygens (including phenoxy) is 1. The third kappa shape index (κ3) is 4.68. The molecule has 5 nitrogen and oxygen atoms in total. The molecule has 0 bridgehead atoms. The lowest BCUT2D eigenvalue weighted by atomic mass is 10.2. The van der Waals surface area contributed by atoms with E-state index in [2.05, 4.69) is 10.5 Å². The Bertz CT molecular complexity index is 1120. The smallest absolute Gasteiger partial charge is 0.307 e. The summed E-state index contributed by atoms with van der Waals surface area (Å²) in [5, 5.41) is 4.82. The molecule has 4 rings (SSSR count). The monoisotopic (exact) mass is 388 g/mol. The number of carbonyl (C=O) groups excluding carboxylic acids is 1. The molecule has 144 valence electrons. The van der Waals surface area contributed by atoms with Crippen LogP contribution in [0.2, 0.25) is 0 Å². The molecular weight excluding hydrogens is 371 g/mol. The Balaban J connectivity index is 1.31. The van der Waals surface area contributed by atoms with Gasteiger partial charge in [0, 0.05) is 5.39 Å². The van der Waals surface area contributed by atoms with Gasteiger partial charge < -0.3 is 9.15 Å². The summed E-state index contributed by atoms with van der Waals surface area (Å²) < 4.78 is 24.1. The maximum absolute atomic E-state index is 12.9. The first kappa shape index (κ1) is 18.4. The largest absolute Gasteiger partial charge is 0.489 e. The SMILES string of the molecule is O=C(N/N=C/c1ccc(OCc2ccc(F)cc2)cc1)c1cc2ccccc2o1. The Kier molecular flexibility index (Phi) is 5.33. The Morgan fingerprint density at radius 2 is 1.79 bits per heavy atom. The zero-order valence-electron chi connectivity index (χ0n) is 15.3. The van der Waals surface area contributed by atoms with E-state index in [0.29, 0.717) is 17.9 Å². The van der Waals surface area contributed by atoms with E-state index in [0.717, 1.165) is 16.5 Å². The van der Waals surface area contributed by atoms with Gasteiger partial charge in [-0.1, -0.05) is 30.3 Å². The molecule has 0 aliphatic rings. The third-order valence-corrected chi connectivity index (χ3v) is 4.23. The van der Waals surface area contributed by atoms with E-state index in [1.165, 1.54) is 18.3 Å². The van der Waals surface area contributed by atoms with Gasteiger partial charge in [0.2, 0.25) is 0 Å². The Morgan fingerprint density at radius 3 is 2.55 bits per heavy atom. The van der Waals surface area contributed by atoms with E-state index in [-0.39, 0.29) is 11.6 Å².